The Labute approximate surface area is 84.4 Å². The summed E-state index contributed by atoms with van der Waals surface area (Å²) in [4.78, 5) is 0. The second-order valence-corrected chi connectivity index (χ2v) is 2.78. The average Bonchev–Trinajstić information content (AvgIpc) is 2.01. The number of aromatic nitrogens is 1. The summed E-state index contributed by atoms with van der Waals surface area (Å²) in [7, 11) is -6.00. The maximum absolute atomic E-state index is 9.75. The average molecular weight is 229 g/mol. The van der Waals surface area contributed by atoms with Gasteiger partial charge in [0.15, 0.2) is 12.4 Å². The molecule has 1 aromatic rings. The van der Waals surface area contributed by atoms with Crippen LogP contribution in [0.4, 0.5) is 17.3 Å². The fourth-order valence-corrected chi connectivity index (χ4v) is 0.885. The Bertz CT molecular complexity index is 273. The van der Waals surface area contributed by atoms with Crippen LogP contribution in [0.15, 0.2) is 24.5 Å². The van der Waals surface area contributed by atoms with E-state index in [0.29, 0.717) is 0 Å². The first-order valence-electron chi connectivity index (χ1n) is 3.85. The van der Waals surface area contributed by atoms with Gasteiger partial charge in [-0.1, -0.05) is 11.6 Å². The highest BCUT2D eigenvalue weighted by Gasteiger charge is 2.20. The van der Waals surface area contributed by atoms with Gasteiger partial charge < -0.3 is 17.3 Å². The van der Waals surface area contributed by atoms with E-state index in [1.165, 1.54) is 0 Å². The lowest BCUT2D eigenvalue weighted by Crippen LogP contribution is -2.30. The van der Waals surface area contributed by atoms with Crippen LogP contribution in [-0.2, 0) is 6.54 Å². The van der Waals surface area contributed by atoms with Gasteiger partial charge in [0.05, 0.1) is 0 Å². The molecule has 1 rings (SSSR count). The molecular formula is C7H9BClF4N. The van der Waals surface area contributed by atoms with Crippen molar-refractivity contribution >= 4 is 18.9 Å². The quantitative estimate of drug-likeness (QED) is 0.396. The van der Waals surface area contributed by atoms with Crippen LogP contribution >= 0.6 is 11.6 Å². The van der Waals surface area contributed by atoms with E-state index in [9.17, 15) is 17.3 Å². The molecule has 0 fully saturated rings. The van der Waals surface area contributed by atoms with Gasteiger partial charge in [-0.2, -0.15) is 0 Å². The number of halogens is 5. The Morgan fingerprint density at radius 3 is 2.14 bits per heavy atom. The Kier molecular flexibility index (Phi) is 5.53. The van der Waals surface area contributed by atoms with E-state index in [-0.39, 0.29) is 0 Å². The van der Waals surface area contributed by atoms with Gasteiger partial charge in [-0.25, -0.2) is 4.57 Å². The third kappa shape index (κ3) is 9.31. The second-order valence-electron chi connectivity index (χ2n) is 2.35. The molecule has 0 amide bonds. The van der Waals surface area contributed by atoms with Crippen LogP contribution in [0.3, 0.4) is 0 Å². The fraction of sp³-hybridized carbons (Fsp3) is 0.286. The standard InChI is InChI=1S/C7H9ClN.BF4/c1-2-9-5-3-4-7(8)6-9;2-1(3,4)5/h3-6H,2H2,1H3;/q+1;-1. The van der Waals surface area contributed by atoms with Crippen molar-refractivity contribution in [1.82, 2.24) is 0 Å². The Hall–Kier alpha value is -0.775. The SMILES string of the molecule is CC[n+]1cccc(Cl)c1.F[B-](F)(F)F. The summed E-state index contributed by atoms with van der Waals surface area (Å²) < 4.78 is 41.0. The number of rotatable bonds is 1. The van der Waals surface area contributed by atoms with Gasteiger partial charge in [0.1, 0.15) is 11.6 Å². The minimum absolute atomic E-state index is 0.791. The van der Waals surface area contributed by atoms with Crippen LogP contribution in [0, 0.1) is 0 Å². The summed E-state index contributed by atoms with van der Waals surface area (Å²) in [5.41, 5.74) is 0. The molecule has 14 heavy (non-hydrogen) atoms. The molecule has 0 aliphatic heterocycles. The van der Waals surface area contributed by atoms with Crippen molar-refractivity contribution in [3.63, 3.8) is 0 Å². The molecule has 7 heteroatoms. The van der Waals surface area contributed by atoms with Gasteiger partial charge >= 0.3 is 7.25 Å². The summed E-state index contributed by atoms with van der Waals surface area (Å²) >= 11 is 5.70. The summed E-state index contributed by atoms with van der Waals surface area (Å²) in [6.45, 7) is 3.05. The lowest BCUT2D eigenvalue weighted by molar-refractivity contribution is -0.693. The predicted molar refractivity (Wildman–Crippen MR) is 47.5 cm³/mol. The third-order valence-electron chi connectivity index (χ3n) is 1.19. The van der Waals surface area contributed by atoms with E-state index in [4.69, 9.17) is 11.6 Å². The zero-order valence-corrected chi connectivity index (χ0v) is 8.19. The normalized spacial score (nSPS) is 10.4. The minimum Gasteiger partial charge on any atom is -0.418 e. The molecule has 0 saturated carbocycles. The number of pyridine rings is 1. The monoisotopic (exact) mass is 229 g/mol. The van der Waals surface area contributed by atoms with Crippen molar-refractivity contribution < 1.29 is 21.8 Å². The molecule has 0 unspecified atom stereocenters. The van der Waals surface area contributed by atoms with Crippen molar-refractivity contribution in [3.05, 3.63) is 29.5 Å². The van der Waals surface area contributed by atoms with Crippen LogP contribution < -0.4 is 4.57 Å². The third-order valence-corrected chi connectivity index (χ3v) is 1.41. The van der Waals surface area contributed by atoms with Crippen LogP contribution in [0.1, 0.15) is 6.92 Å². The highest BCUT2D eigenvalue weighted by atomic mass is 35.5. The van der Waals surface area contributed by atoms with Crippen molar-refractivity contribution in [3.8, 4) is 0 Å². The summed E-state index contributed by atoms with van der Waals surface area (Å²) in [6.07, 6.45) is 3.90. The maximum atomic E-state index is 9.75. The van der Waals surface area contributed by atoms with Crippen LogP contribution in [0.5, 0.6) is 0 Å². The lowest BCUT2D eigenvalue weighted by Gasteiger charge is -1.94. The van der Waals surface area contributed by atoms with Crippen molar-refractivity contribution in [2.75, 3.05) is 0 Å². The number of aryl methyl sites for hydroxylation is 1. The Balaban J connectivity index is 0.000000292. The highest BCUT2D eigenvalue weighted by Crippen LogP contribution is 2.06. The number of hydrogen-bond acceptors (Lipinski definition) is 0. The Morgan fingerprint density at radius 1 is 1.36 bits per heavy atom. The van der Waals surface area contributed by atoms with E-state index in [2.05, 4.69) is 6.92 Å². The van der Waals surface area contributed by atoms with E-state index >= 15 is 0 Å². The first-order valence-corrected chi connectivity index (χ1v) is 4.22. The van der Waals surface area contributed by atoms with E-state index < -0.39 is 7.25 Å². The molecule has 0 saturated heterocycles. The van der Waals surface area contributed by atoms with Crippen molar-refractivity contribution in [2.45, 2.75) is 13.5 Å². The molecule has 1 aromatic heterocycles. The number of nitrogens with zero attached hydrogens (tertiary/aromatic N) is 1. The first-order chi connectivity index (χ1) is 6.33. The molecule has 0 N–H and O–H groups in total. The van der Waals surface area contributed by atoms with Gasteiger partial charge in [-0.15, -0.1) is 0 Å². The topological polar surface area (TPSA) is 3.88 Å². The van der Waals surface area contributed by atoms with E-state index in [1.807, 2.05) is 29.1 Å². The van der Waals surface area contributed by atoms with Gasteiger partial charge in [-0.05, 0) is 13.0 Å². The Morgan fingerprint density at radius 2 is 1.86 bits per heavy atom. The molecular weight excluding hydrogens is 220 g/mol. The zero-order valence-electron chi connectivity index (χ0n) is 7.43. The second kappa shape index (κ2) is 5.85. The first kappa shape index (κ1) is 13.2. The van der Waals surface area contributed by atoms with Crippen molar-refractivity contribution in [2.24, 2.45) is 0 Å². The van der Waals surface area contributed by atoms with Gasteiger partial charge in [-0.3, -0.25) is 0 Å². The molecule has 0 spiro atoms. The van der Waals surface area contributed by atoms with Gasteiger partial charge in [0.25, 0.3) is 0 Å². The largest absolute Gasteiger partial charge is 0.673 e. The zero-order chi connectivity index (χ0) is 11.2. The molecule has 1 heterocycles. The fourth-order valence-electron chi connectivity index (χ4n) is 0.687. The smallest absolute Gasteiger partial charge is 0.418 e. The summed E-state index contributed by atoms with van der Waals surface area (Å²) in [5, 5.41) is 0.791. The molecule has 0 atom stereocenters. The summed E-state index contributed by atoms with van der Waals surface area (Å²) in [6, 6.07) is 3.81. The molecule has 1 nitrogen and oxygen atoms in total. The van der Waals surface area contributed by atoms with Crippen LogP contribution in [0.2, 0.25) is 5.02 Å². The number of hydrogen-bond donors (Lipinski definition) is 0. The minimum atomic E-state index is -6.00. The molecule has 0 aliphatic rings. The van der Waals surface area contributed by atoms with Crippen LogP contribution in [-0.4, -0.2) is 7.25 Å². The van der Waals surface area contributed by atoms with Gasteiger partial charge in [0, 0.05) is 6.07 Å². The van der Waals surface area contributed by atoms with Crippen LogP contribution in [0.25, 0.3) is 0 Å². The van der Waals surface area contributed by atoms with Crippen molar-refractivity contribution in [1.29, 1.82) is 0 Å². The lowest BCUT2D eigenvalue weighted by atomic mass is 10.3. The summed E-state index contributed by atoms with van der Waals surface area (Å²) in [5.74, 6) is 0. The molecule has 80 valence electrons. The maximum Gasteiger partial charge on any atom is 0.673 e. The molecule has 0 aromatic carbocycles. The predicted octanol–water partition coefficient (Wildman–Crippen LogP) is 2.95. The van der Waals surface area contributed by atoms with E-state index in [0.717, 1.165) is 11.6 Å². The van der Waals surface area contributed by atoms with Gasteiger partial charge in [0.2, 0.25) is 0 Å². The molecule has 0 radical (unpaired) electrons. The molecule has 0 bridgehead atoms. The van der Waals surface area contributed by atoms with E-state index in [1.54, 1.807) is 0 Å². The molecule has 0 aliphatic carbocycles. The highest BCUT2D eigenvalue weighted by molar-refractivity contribution is 6.50.